The summed E-state index contributed by atoms with van der Waals surface area (Å²) in [6, 6.07) is 6.60. The molecule has 0 radical (unpaired) electrons. The van der Waals surface area contributed by atoms with Crippen LogP contribution >= 0.6 is 24.0 Å². The summed E-state index contributed by atoms with van der Waals surface area (Å²) in [5.41, 5.74) is 0.912. The van der Waals surface area contributed by atoms with Gasteiger partial charge < -0.3 is 14.8 Å². The van der Waals surface area contributed by atoms with E-state index < -0.39 is 0 Å². The van der Waals surface area contributed by atoms with E-state index >= 15 is 0 Å². The third-order valence-electron chi connectivity index (χ3n) is 3.09. The minimum Gasteiger partial charge on any atom is -0.354 e. The van der Waals surface area contributed by atoms with Crippen molar-refractivity contribution >= 4 is 29.9 Å². The number of imidazole rings is 1. The van der Waals surface area contributed by atoms with Crippen LogP contribution in [0.1, 0.15) is 5.56 Å². The first-order valence-corrected chi connectivity index (χ1v) is 6.81. The van der Waals surface area contributed by atoms with Crippen molar-refractivity contribution in [2.75, 3.05) is 20.6 Å². The Morgan fingerprint density at radius 1 is 1.45 bits per heavy atom. The van der Waals surface area contributed by atoms with E-state index in [0.29, 0.717) is 6.54 Å². The van der Waals surface area contributed by atoms with E-state index in [-0.39, 0.29) is 29.8 Å². The Bertz CT molecular complexity index is 585. The maximum atomic E-state index is 13.2. The van der Waals surface area contributed by atoms with Gasteiger partial charge in [0.05, 0.1) is 6.33 Å². The van der Waals surface area contributed by atoms with Gasteiger partial charge in [-0.15, -0.1) is 24.0 Å². The van der Waals surface area contributed by atoms with Gasteiger partial charge in [-0.2, -0.15) is 0 Å². The number of halogens is 2. The van der Waals surface area contributed by atoms with Gasteiger partial charge in [-0.1, -0.05) is 12.1 Å². The molecular formula is C15H21FIN5. The van der Waals surface area contributed by atoms with Crippen LogP contribution in [0.4, 0.5) is 4.39 Å². The molecule has 1 heterocycles. The number of aromatic nitrogens is 2. The maximum absolute atomic E-state index is 13.2. The average molecular weight is 417 g/mol. The van der Waals surface area contributed by atoms with Gasteiger partial charge in [0.25, 0.3) is 0 Å². The molecule has 22 heavy (non-hydrogen) atoms. The fourth-order valence-electron chi connectivity index (χ4n) is 2.08. The zero-order valence-corrected chi connectivity index (χ0v) is 15.1. The first-order chi connectivity index (χ1) is 10.2. The summed E-state index contributed by atoms with van der Waals surface area (Å²) in [6.45, 7) is 2.16. The Kier molecular flexibility index (Phi) is 7.86. The summed E-state index contributed by atoms with van der Waals surface area (Å²) in [5, 5.41) is 3.28. The molecule has 5 nitrogen and oxygen atoms in total. The number of guanidine groups is 1. The molecule has 1 aromatic carbocycles. The van der Waals surface area contributed by atoms with Gasteiger partial charge in [0.15, 0.2) is 5.96 Å². The molecule has 0 saturated carbocycles. The second kappa shape index (κ2) is 9.39. The zero-order valence-electron chi connectivity index (χ0n) is 12.7. The molecule has 0 aliphatic carbocycles. The third kappa shape index (κ3) is 5.63. The summed E-state index contributed by atoms with van der Waals surface area (Å²) < 4.78 is 15.2. The molecular weight excluding hydrogens is 396 g/mol. The highest BCUT2D eigenvalue weighted by Crippen LogP contribution is 2.06. The van der Waals surface area contributed by atoms with Crippen LogP contribution in [0.3, 0.4) is 0 Å². The number of hydrogen-bond donors (Lipinski definition) is 1. The number of nitrogens with one attached hydrogen (secondary N) is 1. The van der Waals surface area contributed by atoms with Crippen molar-refractivity contribution in [2.45, 2.75) is 13.1 Å². The minimum atomic E-state index is -0.219. The van der Waals surface area contributed by atoms with Crippen LogP contribution in [0.25, 0.3) is 0 Å². The number of aliphatic imine (C=N–C) groups is 1. The van der Waals surface area contributed by atoms with Crippen molar-refractivity contribution < 1.29 is 4.39 Å². The molecule has 0 fully saturated rings. The summed E-state index contributed by atoms with van der Waals surface area (Å²) in [5.74, 6) is 0.559. The molecule has 2 rings (SSSR count). The molecule has 0 unspecified atom stereocenters. The normalized spacial score (nSPS) is 11.0. The zero-order chi connectivity index (χ0) is 15.1. The topological polar surface area (TPSA) is 45.5 Å². The molecule has 0 atom stereocenters. The summed E-state index contributed by atoms with van der Waals surface area (Å²) in [4.78, 5) is 10.2. The summed E-state index contributed by atoms with van der Waals surface area (Å²) in [6.07, 6.45) is 5.45. The summed E-state index contributed by atoms with van der Waals surface area (Å²) in [7, 11) is 3.67. The molecule has 120 valence electrons. The third-order valence-corrected chi connectivity index (χ3v) is 3.09. The lowest BCUT2D eigenvalue weighted by atomic mass is 10.2. The van der Waals surface area contributed by atoms with Crippen LogP contribution in [0.15, 0.2) is 48.0 Å². The van der Waals surface area contributed by atoms with Crippen LogP contribution < -0.4 is 5.32 Å². The smallest absolute Gasteiger partial charge is 0.193 e. The van der Waals surface area contributed by atoms with Crippen molar-refractivity contribution in [3.8, 4) is 0 Å². The van der Waals surface area contributed by atoms with Gasteiger partial charge >= 0.3 is 0 Å². The van der Waals surface area contributed by atoms with Crippen LogP contribution in [0.5, 0.6) is 0 Å². The van der Waals surface area contributed by atoms with Gasteiger partial charge in [-0.05, 0) is 17.7 Å². The second-order valence-electron chi connectivity index (χ2n) is 4.76. The average Bonchev–Trinajstić information content (AvgIpc) is 2.96. The maximum Gasteiger partial charge on any atom is 0.193 e. The van der Waals surface area contributed by atoms with Crippen LogP contribution in [-0.2, 0) is 13.1 Å². The van der Waals surface area contributed by atoms with Crippen LogP contribution in [0, 0.1) is 5.82 Å². The molecule has 0 spiro atoms. The fourth-order valence-corrected chi connectivity index (χ4v) is 2.08. The Hall–Kier alpha value is -1.64. The van der Waals surface area contributed by atoms with Crippen molar-refractivity contribution in [2.24, 2.45) is 4.99 Å². The molecule has 0 aliphatic rings. The van der Waals surface area contributed by atoms with Gasteiger partial charge in [0.2, 0.25) is 0 Å². The van der Waals surface area contributed by atoms with Crippen molar-refractivity contribution in [1.29, 1.82) is 0 Å². The molecule has 0 bridgehead atoms. The molecule has 1 aromatic heterocycles. The minimum absolute atomic E-state index is 0. The highest BCUT2D eigenvalue weighted by Gasteiger charge is 2.06. The van der Waals surface area contributed by atoms with E-state index in [4.69, 9.17) is 0 Å². The number of benzene rings is 1. The molecule has 0 amide bonds. The SMILES string of the molecule is CN=C(NCCn1ccnc1)N(C)Cc1cccc(F)c1.I. The summed E-state index contributed by atoms with van der Waals surface area (Å²) >= 11 is 0. The predicted molar refractivity (Wildman–Crippen MR) is 96.9 cm³/mol. The van der Waals surface area contributed by atoms with Gasteiger partial charge in [-0.25, -0.2) is 9.37 Å². The molecule has 7 heteroatoms. The predicted octanol–water partition coefficient (Wildman–Crippen LogP) is 2.35. The fraction of sp³-hybridized carbons (Fsp3) is 0.333. The number of rotatable bonds is 5. The molecule has 0 aliphatic heterocycles. The van der Waals surface area contributed by atoms with Crippen molar-refractivity contribution in [3.63, 3.8) is 0 Å². The van der Waals surface area contributed by atoms with Crippen molar-refractivity contribution in [1.82, 2.24) is 19.8 Å². The van der Waals surface area contributed by atoms with E-state index in [2.05, 4.69) is 15.3 Å². The Morgan fingerprint density at radius 2 is 2.27 bits per heavy atom. The largest absolute Gasteiger partial charge is 0.354 e. The van der Waals surface area contributed by atoms with E-state index in [9.17, 15) is 4.39 Å². The van der Waals surface area contributed by atoms with Gasteiger partial charge in [-0.3, -0.25) is 4.99 Å². The van der Waals surface area contributed by atoms with Crippen molar-refractivity contribution in [3.05, 3.63) is 54.4 Å². The first kappa shape index (κ1) is 18.4. The van der Waals surface area contributed by atoms with E-state index in [1.807, 2.05) is 28.8 Å². The molecule has 0 saturated heterocycles. The first-order valence-electron chi connectivity index (χ1n) is 6.81. The Labute approximate surface area is 147 Å². The lowest BCUT2D eigenvalue weighted by Gasteiger charge is -2.22. The Morgan fingerprint density at radius 3 is 2.91 bits per heavy atom. The Balaban J connectivity index is 0.00000242. The molecule has 2 aromatic rings. The van der Waals surface area contributed by atoms with Gasteiger partial charge in [0.1, 0.15) is 5.82 Å². The van der Waals surface area contributed by atoms with E-state index in [1.165, 1.54) is 12.1 Å². The lowest BCUT2D eigenvalue weighted by Crippen LogP contribution is -2.39. The van der Waals surface area contributed by atoms with Crippen LogP contribution in [0.2, 0.25) is 0 Å². The van der Waals surface area contributed by atoms with Gasteiger partial charge in [0, 0.05) is 46.1 Å². The van der Waals surface area contributed by atoms with Crippen LogP contribution in [-0.4, -0.2) is 41.1 Å². The lowest BCUT2D eigenvalue weighted by molar-refractivity contribution is 0.471. The molecule has 1 N–H and O–H groups in total. The highest BCUT2D eigenvalue weighted by atomic mass is 127. The van der Waals surface area contributed by atoms with E-state index in [1.54, 1.807) is 25.6 Å². The quantitative estimate of drug-likeness (QED) is 0.462. The standard InChI is InChI=1S/C15H20FN5.HI/c1-17-15(19-7-9-21-8-6-18-12-21)20(2)11-13-4-3-5-14(16)10-13;/h3-6,8,10,12H,7,9,11H2,1-2H3,(H,17,19);1H. The number of hydrogen-bond acceptors (Lipinski definition) is 2. The highest BCUT2D eigenvalue weighted by molar-refractivity contribution is 14.0. The van der Waals surface area contributed by atoms with E-state index in [0.717, 1.165) is 24.6 Å². The second-order valence-corrected chi connectivity index (χ2v) is 4.76. The number of nitrogens with zero attached hydrogens (tertiary/aromatic N) is 4. The monoisotopic (exact) mass is 417 g/mol.